The number of amides is 1. The van der Waals surface area contributed by atoms with Crippen molar-refractivity contribution in [2.45, 2.75) is 6.92 Å². The fraction of sp³-hybridized carbons (Fsp3) is 0.400. The Morgan fingerprint density at radius 2 is 2.16 bits per heavy atom. The lowest BCUT2D eigenvalue weighted by molar-refractivity contribution is 0.0772. The molecule has 1 aromatic rings. The Kier molecular flexibility index (Phi) is 4.89. The average Bonchev–Trinajstić information content (AvgIpc) is 2.46. The SMILES string of the molecule is Cc1ccc(C#CCN)c(C(=O)N2CCSCC2)c1. The molecule has 1 saturated heterocycles. The van der Waals surface area contributed by atoms with Gasteiger partial charge in [-0.1, -0.05) is 23.5 Å². The highest BCUT2D eigenvalue weighted by Crippen LogP contribution is 2.17. The zero-order valence-corrected chi connectivity index (χ0v) is 11.9. The van der Waals surface area contributed by atoms with Crippen LogP contribution in [0, 0.1) is 18.8 Å². The highest BCUT2D eigenvalue weighted by Gasteiger charge is 2.20. The summed E-state index contributed by atoms with van der Waals surface area (Å²) in [5.74, 6) is 7.94. The van der Waals surface area contributed by atoms with Crippen LogP contribution in [0.1, 0.15) is 21.5 Å². The van der Waals surface area contributed by atoms with Crippen LogP contribution in [0.3, 0.4) is 0 Å². The molecule has 0 saturated carbocycles. The molecule has 0 unspecified atom stereocenters. The van der Waals surface area contributed by atoms with Crippen LogP contribution >= 0.6 is 11.8 Å². The third-order valence-corrected chi connectivity index (χ3v) is 3.97. The van der Waals surface area contributed by atoms with Gasteiger partial charge >= 0.3 is 0 Å². The predicted octanol–water partition coefficient (Wildman–Crippen LogP) is 1.49. The molecule has 0 atom stereocenters. The molecule has 0 aliphatic carbocycles. The van der Waals surface area contributed by atoms with Crippen LogP contribution in [0.4, 0.5) is 0 Å². The molecule has 0 bridgehead atoms. The first-order chi connectivity index (χ1) is 9.22. The van der Waals surface area contributed by atoms with E-state index in [1.54, 1.807) is 0 Å². The van der Waals surface area contributed by atoms with Gasteiger partial charge in [0.05, 0.1) is 12.1 Å². The Bertz CT molecular complexity index is 525. The van der Waals surface area contributed by atoms with Crippen molar-refractivity contribution < 1.29 is 4.79 Å². The van der Waals surface area contributed by atoms with Crippen molar-refractivity contribution in [1.29, 1.82) is 0 Å². The molecule has 4 heteroatoms. The molecule has 0 aromatic heterocycles. The maximum absolute atomic E-state index is 12.6. The smallest absolute Gasteiger partial charge is 0.255 e. The molecule has 1 aliphatic rings. The number of hydrogen-bond acceptors (Lipinski definition) is 3. The summed E-state index contributed by atoms with van der Waals surface area (Å²) in [5.41, 5.74) is 7.96. The second kappa shape index (κ2) is 6.65. The number of aryl methyl sites for hydroxylation is 1. The summed E-state index contributed by atoms with van der Waals surface area (Å²) in [7, 11) is 0. The third kappa shape index (κ3) is 3.52. The Hall–Kier alpha value is -1.44. The highest BCUT2D eigenvalue weighted by atomic mass is 32.2. The van der Waals surface area contributed by atoms with Crippen molar-refractivity contribution >= 4 is 17.7 Å². The van der Waals surface area contributed by atoms with Crippen molar-refractivity contribution in [3.8, 4) is 11.8 Å². The summed E-state index contributed by atoms with van der Waals surface area (Å²) < 4.78 is 0. The van der Waals surface area contributed by atoms with E-state index in [4.69, 9.17) is 5.73 Å². The van der Waals surface area contributed by atoms with Crippen LogP contribution in [-0.4, -0.2) is 41.9 Å². The fourth-order valence-corrected chi connectivity index (χ4v) is 2.93. The molecule has 100 valence electrons. The highest BCUT2D eigenvalue weighted by molar-refractivity contribution is 7.99. The Morgan fingerprint density at radius 3 is 2.84 bits per heavy atom. The standard InChI is InChI=1S/C15H18N2OS/c1-12-4-5-13(3-2-6-16)14(11-12)15(18)17-7-9-19-10-8-17/h4-5,11H,6-10,16H2,1H3. The molecule has 1 amide bonds. The second-order valence-electron chi connectivity index (χ2n) is 4.46. The van der Waals surface area contributed by atoms with Crippen molar-refractivity contribution in [3.63, 3.8) is 0 Å². The van der Waals surface area contributed by atoms with E-state index in [1.807, 2.05) is 41.8 Å². The Labute approximate surface area is 118 Å². The lowest BCUT2D eigenvalue weighted by Gasteiger charge is -2.27. The van der Waals surface area contributed by atoms with Gasteiger partial charge in [-0.3, -0.25) is 4.79 Å². The molecule has 0 spiro atoms. The Morgan fingerprint density at radius 1 is 1.42 bits per heavy atom. The minimum atomic E-state index is 0.0883. The molecular formula is C15H18N2OS. The van der Waals surface area contributed by atoms with Gasteiger partial charge in [-0.25, -0.2) is 0 Å². The van der Waals surface area contributed by atoms with Crippen LogP contribution in [0.15, 0.2) is 18.2 Å². The van der Waals surface area contributed by atoms with E-state index in [2.05, 4.69) is 11.8 Å². The van der Waals surface area contributed by atoms with Gasteiger partial charge < -0.3 is 10.6 Å². The van der Waals surface area contributed by atoms with E-state index in [0.29, 0.717) is 12.1 Å². The van der Waals surface area contributed by atoms with Gasteiger partial charge in [-0.2, -0.15) is 11.8 Å². The predicted molar refractivity (Wildman–Crippen MR) is 80.3 cm³/mol. The molecular weight excluding hydrogens is 256 g/mol. The summed E-state index contributed by atoms with van der Waals surface area (Å²) in [6, 6.07) is 5.80. The van der Waals surface area contributed by atoms with Crippen molar-refractivity contribution in [2.75, 3.05) is 31.1 Å². The van der Waals surface area contributed by atoms with E-state index < -0.39 is 0 Å². The van der Waals surface area contributed by atoms with Crippen molar-refractivity contribution in [2.24, 2.45) is 5.73 Å². The number of carbonyl (C=O) groups excluding carboxylic acids is 1. The molecule has 1 aliphatic heterocycles. The van der Waals surface area contributed by atoms with Crippen LogP contribution in [0.5, 0.6) is 0 Å². The van der Waals surface area contributed by atoms with Gasteiger partial charge in [-0.05, 0) is 19.1 Å². The number of nitrogens with zero attached hydrogens (tertiary/aromatic N) is 1. The third-order valence-electron chi connectivity index (χ3n) is 3.03. The molecule has 1 heterocycles. The van der Waals surface area contributed by atoms with E-state index in [9.17, 15) is 4.79 Å². The monoisotopic (exact) mass is 274 g/mol. The first kappa shape index (κ1) is 14.0. The minimum absolute atomic E-state index is 0.0883. The zero-order chi connectivity index (χ0) is 13.7. The summed E-state index contributed by atoms with van der Waals surface area (Å²) in [6.07, 6.45) is 0. The van der Waals surface area contributed by atoms with Gasteiger partial charge in [0.15, 0.2) is 0 Å². The Balaban J connectivity index is 2.30. The number of nitrogens with two attached hydrogens (primary N) is 1. The van der Waals surface area contributed by atoms with Crippen molar-refractivity contribution in [1.82, 2.24) is 4.90 Å². The molecule has 1 fully saturated rings. The lowest BCUT2D eigenvalue weighted by atomic mass is 10.0. The van der Waals surface area contributed by atoms with Crippen LogP contribution < -0.4 is 5.73 Å². The van der Waals surface area contributed by atoms with E-state index in [0.717, 1.165) is 35.7 Å². The van der Waals surface area contributed by atoms with E-state index >= 15 is 0 Å². The quantitative estimate of drug-likeness (QED) is 0.789. The van der Waals surface area contributed by atoms with Gasteiger partial charge in [0, 0.05) is 30.2 Å². The molecule has 2 N–H and O–H groups in total. The summed E-state index contributed by atoms with van der Waals surface area (Å²) in [4.78, 5) is 14.5. The minimum Gasteiger partial charge on any atom is -0.337 e. The zero-order valence-electron chi connectivity index (χ0n) is 11.1. The number of thioether (sulfide) groups is 1. The van der Waals surface area contributed by atoms with Crippen LogP contribution in [0.25, 0.3) is 0 Å². The van der Waals surface area contributed by atoms with Crippen LogP contribution in [0.2, 0.25) is 0 Å². The number of carbonyl (C=O) groups is 1. The molecule has 1 aromatic carbocycles. The number of rotatable bonds is 1. The van der Waals surface area contributed by atoms with Gasteiger partial charge in [0.2, 0.25) is 0 Å². The van der Waals surface area contributed by atoms with Gasteiger partial charge in [-0.15, -0.1) is 0 Å². The lowest BCUT2D eigenvalue weighted by Crippen LogP contribution is -2.38. The first-order valence-electron chi connectivity index (χ1n) is 6.39. The van der Waals surface area contributed by atoms with Crippen LogP contribution in [-0.2, 0) is 0 Å². The molecule has 2 rings (SSSR count). The summed E-state index contributed by atoms with van der Waals surface area (Å²) in [6.45, 7) is 3.94. The maximum atomic E-state index is 12.6. The number of benzene rings is 1. The molecule has 0 radical (unpaired) electrons. The summed E-state index contributed by atoms with van der Waals surface area (Å²) in [5, 5.41) is 0. The van der Waals surface area contributed by atoms with Crippen molar-refractivity contribution in [3.05, 3.63) is 34.9 Å². The second-order valence-corrected chi connectivity index (χ2v) is 5.68. The van der Waals surface area contributed by atoms with E-state index in [1.165, 1.54) is 0 Å². The van der Waals surface area contributed by atoms with Gasteiger partial charge in [0.25, 0.3) is 5.91 Å². The number of hydrogen-bond donors (Lipinski definition) is 1. The molecule has 3 nitrogen and oxygen atoms in total. The molecule has 19 heavy (non-hydrogen) atoms. The van der Waals surface area contributed by atoms with Gasteiger partial charge in [0.1, 0.15) is 0 Å². The maximum Gasteiger partial charge on any atom is 0.255 e. The average molecular weight is 274 g/mol. The van der Waals surface area contributed by atoms with E-state index in [-0.39, 0.29) is 5.91 Å². The first-order valence-corrected chi connectivity index (χ1v) is 7.54. The topological polar surface area (TPSA) is 46.3 Å². The largest absolute Gasteiger partial charge is 0.337 e. The summed E-state index contributed by atoms with van der Waals surface area (Å²) >= 11 is 1.89. The fourth-order valence-electron chi connectivity index (χ4n) is 2.03. The normalized spacial score (nSPS) is 14.7.